The summed E-state index contributed by atoms with van der Waals surface area (Å²) in [7, 11) is 0. The van der Waals surface area contributed by atoms with Gasteiger partial charge in [-0.3, -0.25) is 24.6 Å². The van der Waals surface area contributed by atoms with E-state index in [1.54, 1.807) is 17.0 Å². The monoisotopic (exact) mass is 411 g/mol. The number of piperazine rings is 1. The number of para-hydroxylation sites is 1. The Morgan fingerprint density at radius 2 is 1.70 bits per heavy atom. The van der Waals surface area contributed by atoms with Crippen molar-refractivity contribution in [3.05, 3.63) is 75.3 Å². The molecule has 158 valence electrons. The Labute approximate surface area is 174 Å². The van der Waals surface area contributed by atoms with Gasteiger partial charge in [0.2, 0.25) is 0 Å². The molecule has 0 radical (unpaired) electrons. The number of nitro groups is 1. The number of aryl methyl sites for hydroxylation is 1. The molecule has 8 nitrogen and oxygen atoms in total. The van der Waals surface area contributed by atoms with Crippen LogP contribution in [-0.4, -0.2) is 57.9 Å². The minimum Gasteiger partial charge on any atom is -0.481 e. The fourth-order valence-electron chi connectivity index (χ4n) is 3.83. The zero-order valence-corrected chi connectivity index (χ0v) is 16.9. The molecule has 8 heteroatoms. The van der Waals surface area contributed by atoms with Gasteiger partial charge in [-0.15, -0.1) is 0 Å². The number of carbonyl (C=O) groups is 2. The van der Waals surface area contributed by atoms with E-state index in [9.17, 15) is 19.7 Å². The Bertz CT molecular complexity index is 921. The van der Waals surface area contributed by atoms with Gasteiger partial charge >= 0.3 is 5.97 Å². The first kappa shape index (κ1) is 21.4. The molecule has 1 saturated heterocycles. The largest absolute Gasteiger partial charge is 0.481 e. The van der Waals surface area contributed by atoms with Gasteiger partial charge in [-0.05, 0) is 25.0 Å². The summed E-state index contributed by atoms with van der Waals surface area (Å²) in [4.78, 5) is 38.5. The number of rotatable bonds is 7. The van der Waals surface area contributed by atoms with E-state index in [1.807, 2.05) is 31.2 Å². The van der Waals surface area contributed by atoms with Crippen molar-refractivity contribution in [3.63, 3.8) is 0 Å². The van der Waals surface area contributed by atoms with E-state index in [2.05, 4.69) is 4.90 Å². The highest BCUT2D eigenvalue weighted by Crippen LogP contribution is 2.28. The summed E-state index contributed by atoms with van der Waals surface area (Å²) < 4.78 is 0. The van der Waals surface area contributed by atoms with E-state index in [0.29, 0.717) is 32.6 Å². The predicted molar refractivity (Wildman–Crippen MR) is 111 cm³/mol. The molecule has 1 atom stereocenters. The number of benzene rings is 2. The van der Waals surface area contributed by atoms with Gasteiger partial charge in [0.1, 0.15) is 5.56 Å². The van der Waals surface area contributed by atoms with E-state index < -0.39 is 10.9 Å². The van der Waals surface area contributed by atoms with Crippen LogP contribution in [0.1, 0.15) is 40.4 Å². The standard InChI is InChI=1S/C22H25N3O5/c1-16-6-8-17(9-7-16)19(10-11-21(26)27)23-12-14-24(15-13-23)22(28)18-4-2-3-5-20(18)25(29)30/h2-9,19H,10-15H2,1H3,(H,26,27)/t19-/m0/s1. The molecule has 0 bridgehead atoms. The van der Waals surface area contributed by atoms with Crippen molar-refractivity contribution in [1.82, 2.24) is 9.80 Å². The number of carboxylic acid groups (broad SMARTS) is 1. The molecule has 1 heterocycles. The zero-order chi connectivity index (χ0) is 21.7. The minimum absolute atomic E-state index is 0.0509. The topological polar surface area (TPSA) is 104 Å². The normalized spacial score (nSPS) is 15.6. The van der Waals surface area contributed by atoms with Crippen LogP contribution in [0.5, 0.6) is 0 Å². The van der Waals surface area contributed by atoms with Gasteiger partial charge < -0.3 is 10.0 Å². The molecule has 1 N–H and O–H groups in total. The summed E-state index contributed by atoms with van der Waals surface area (Å²) >= 11 is 0. The molecule has 3 rings (SSSR count). The van der Waals surface area contributed by atoms with Crippen LogP contribution in [0, 0.1) is 17.0 Å². The fourth-order valence-corrected chi connectivity index (χ4v) is 3.83. The summed E-state index contributed by atoms with van der Waals surface area (Å²) in [6.45, 7) is 4.01. The van der Waals surface area contributed by atoms with Crippen molar-refractivity contribution in [1.29, 1.82) is 0 Å². The van der Waals surface area contributed by atoms with Crippen LogP contribution in [-0.2, 0) is 4.79 Å². The van der Waals surface area contributed by atoms with Crippen LogP contribution < -0.4 is 0 Å². The lowest BCUT2D eigenvalue weighted by Crippen LogP contribution is -2.49. The Balaban J connectivity index is 1.71. The fraction of sp³-hybridized carbons (Fsp3) is 0.364. The summed E-state index contributed by atoms with van der Waals surface area (Å²) in [5.41, 5.74) is 2.09. The number of hydrogen-bond acceptors (Lipinski definition) is 5. The van der Waals surface area contributed by atoms with Crippen molar-refractivity contribution in [3.8, 4) is 0 Å². The second-order valence-electron chi connectivity index (χ2n) is 7.46. The predicted octanol–water partition coefficient (Wildman–Crippen LogP) is 3.27. The molecule has 0 aromatic heterocycles. The third-order valence-corrected chi connectivity index (χ3v) is 5.47. The highest BCUT2D eigenvalue weighted by molar-refractivity contribution is 5.98. The van der Waals surface area contributed by atoms with E-state index in [1.165, 1.54) is 12.1 Å². The van der Waals surface area contributed by atoms with Gasteiger partial charge in [-0.25, -0.2) is 0 Å². The van der Waals surface area contributed by atoms with Crippen molar-refractivity contribution >= 4 is 17.6 Å². The first-order chi connectivity index (χ1) is 14.4. The molecule has 1 fully saturated rings. The van der Waals surface area contributed by atoms with Crippen LogP contribution in [0.25, 0.3) is 0 Å². The smallest absolute Gasteiger partial charge is 0.303 e. The van der Waals surface area contributed by atoms with Gasteiger partial charge in [-0.2, -0.15) is 0 Å². The Kier molecular flexibility index (Phi) is 6.79. The van der Waals surface area contributed by atoms with E-state index >= 15 is 0 Å². The molecule has 0 spiro atoms. The van der Waals surface area contributed by atoms with Crippen molar-refractivity contribution in [2.75, 3.05) is 26.2 Å². The summed E-state index contributed by atoms with van der Waals surface area (Å²) in [6.07, 6.45) is 0.546. The number of carbonyl (C=O) groups excluding carboxylic acids is 1. The minimum atomic E-state index is -0.836. The first-order valence-electron chi connectivity index (χ1n) is 9.92. The molecule has 0 aliphatic carbocycles. The third-order valence-electron chi connectivity index (χ3n) is 5.47. The van der Waals surface area contributed by atoms with Crippen LogP contribution in [0.3, 0.4) is 0 Å². The van der Waals surface area contributed by atoms with Gasteiger partial charge in [-0.1, -0.05) is 42.0 Å². The third kappa shape index (κ3) is 5.01. The van der Waals surface area contributed by atoms with Gasteiger partial charge in [0.25, 0.3) is 11.6 Å². The maximum Gasteiger partial charge on any atom is 0.303 e. The Hall–Kier alpha value is -3.26. The SMILES string of the molecule is Cc1ccc([C@H](CCC(=O)O)N2CCN(C(=O)c3ccccc3[N+](=O)[O-])CC2)cc1. The lowest BCUT2D eigenvalue weighted by Gasteiger charge is -2.39. The van der Waals surface area contributed by atoms with Gasteiger partial charge in [0, 0.05) is 44.7 Å². The molecule has 0 unspecified atom stereocenters. The van der Waals surface area contributed by atoms with E-state index in [-0.39, 0.29) is 29.6 Å². The summed E-state index contributed by atoms with van der Waals surface area (Å²) in [5, 5.41) is 20.4. The molecule has 2 aromatic rings. The van der Waals surface area contributed by atoms with Crippen molar-refractivity contribution < 1.29 is 19.6 Å². The molecular formula is C22H25N3O5. The molecule has 1 amide bonds. The van der Waals surface area contributed by atoms with E-state index in [0.717, 1.165) is 11.1 Å². The number of amides is 1. The zero-order valence-electron chi connectivity index (χ0n) is 16.9. The highest BCUT2D eigenvalue weighted by atomic mass is 16.6. The lowest BCUT2D eigenvalue weighted by atomic mass is 9.98. The first-order valence-corrected chi connectivity index (χ1v) is 9.92. The maximum atomic E-state index is 12.8. The highest BCUT2D eigenvalue weighted by Gasteiger charge is 2.30. The molecular weight excluding hydrogens is 386 g/mol. The number of hydrogen-bond donors (Lipinski definition) is 1. The average molecular weight is 411 g/mol. The number of carboxylic acids is 1. The number of aliphatic carboxylic acids is 1. The molecule has 30 heavy (non-hydrogen) atoms. The summed E-state index contributed by atoms with van der Waals surface area (Å²) in [5.74, 6) is -1.18. The summed E-state index contributed by atoms with van der Waals surface area (Å²) in [6, 6.07) is 14.0. The lowest BCUT2D eigenvalue weighted by molar-refractivity contribution is -0.385. The number of nitrogens with zero attached hydrogens (tertiary/aromatic N) is 3. The van der Waals surface area contributed by atoms with Gasteiger partial charge in [0.15, 0.2) is 0 Å². The molecule has 1 aliphatic heterocycles. The van der Waals surface area contributed by atoms with Crippen LogP contribution >= 0.6 is 0 Å². The Morgan fingerprint density at radius 1 is 1.07 bits per heavy atom. The molecule has 1 aliphatic rings. The second-order valence-corrected chi connectivity index (χ2v) is 7.46. The molecule has 2 aromatic carbocycles. The van der Waals surface area contributed by atoms with Crippen LogP contribution in [0.4, 0.5) is 5.69 Å². The number of nitro benzene ring substituents is 1. The van der Waals surface area contributed by atoms with Crippen molar-refractivity contribution in [2.24, 2.45) is 0 Å². The van der Waals surface area contributed by atoms with Crippen molar-refractivity contribution in [2.45, 2.75) is 25.8 Å². The Morgan fingerprint density at radius 3 is 2.30 bits per heavy atom. The average Bonchev–Trinajstić information content (AvgIpc) is 2.75. The maximum absolute atomic E-state index is 12.8. The van der Waals surface area contributed by atoms with Gasteiger partial charge in [0.05, 0.1) is 4.92 Å². The van der Waals surface area contributed by atoms with Crippen LogP contribution in [0.2, 0.25) is 0 Å². The quantitative estimate of drug-likeness (QED) is 0.554. The van der Waals surface area contributed by atoms with Crippen LogP contribution in [0.15, 0.2) is 48.5 Å². The molecule has 0 saturated carbocycles. The van der Waals surface area contributed by atoms with E-state index in [4.69, 9.17) is 5.11 Å². The second kappa shape index (κ2) is 9.49.